The van der Waals surface area contributed by atoms with Gasteiger partial charge in [-0.2, -0.15) is 0 Å². The Morgan fingerprint density at radius 1 is 1.00 bits per heavy atom. The molecule has 2 aromatic rings. The van der Waals surface area contributed by atoms with Crippen molar-refractivity contribution < 1.29 is 19.3 Å². The number of rotatable bonds is 8. The Balaban J connectivity index is 1.37. The molecule has 0 spiro atoms. The molecule has 2 bridgehead atoms. The summed E-state index contributed by atoms with van der Waals surface area (Å²) >= 11 is 0. The van der Waals surface area contributed by atoms with Gasteiger partial charge in [-0.25, -0.2) is 0 Å². The molecule has 6 heteroatoms. The average Bonchev–Trinajstić information content (AvgIpc) is 3.17. The first-order valence-corrected chi connectivity index (χ1v) is 9.81. The number of aliphatic hydroxyl groups excluding tert-OH is 1. The van der Waals surface area contributed by atoms with E-state index in [1.807, 2.05) is 18.2 Å². The molecule has 0 radical (unpaired) electrons. The van der Waals surface area contributed by atoms with Gasteiger partial charge in [-0.3, -0.25) is 0 Å². The van der Waals surface area contributed by atoms with Crippen LogP contribution in [0.15, 0.2) is 54.6 Å². The molecular formula is C22H28N2O4. The van der Waals surface area contributed by atoms with Gasteiger partial charge in [0, 0.05) is 20.2 Å². The van der Waals surface area contributed by atoms with Crippen LogP contribution in [0.4, 0.5) is 0 Å². The van der Waals surface area contributed by atoms with E-state index in [1.165, 1.54) is 11.1 Å². The maximum absolute atomic E-state index is 10.9. The van der Waals surface area contributed by atoms with Gasteiger partial charge in [0.1, 0.15) is 6.10 Å². The van der Waals surface area contributed by atoms with Crippen molar-refractivity contribution in [2.75, 3.05) is 26.9 Å². The Hall–Kier alpha value is -1.80. The van der Waals surface area contributed by atoms with Crippen LogP contribution in [0.1, 0.15) is 5.56 Å². The normalized spacial score (nSPS) is 29.1. The van der Waals surface area contributed by atoms with E-state index in [0.717, 1.165) is 5.56 Å². The van der Waals surface area contributed by atoms with E-state index < -0.39 is 12.4 Å². The summed E-state index contributed by atoms with van der Waals surface area (Å²) in [5, 5.41) is 17.6. The molecule has 2 fully saturated rings. The SMILES string of the molecule is COCCN[C@@H]1[C@@H]2OC[C@H](O2)[C@@H](NCc2ccc(-c3ccccc3)cc2)[C@@H]1O. The maximum Gasteiger partial charge on any atom is 0.176 e. The van der Waals surface area contributed by atoms with Crippen molar-refractivity contribution in [3.8, 4) is 11.1 Å². The molecule has 2 aliphatic heterocycles. The predicted molar refractivity (Wildman–Crippen MR) is 107 cm³/mol. The monoisotopic (exact) mass is 384 g/mol. The topological polar surface area (TPSA) is 72.0 Å². The third-order valence-electron chi connectivity index (χ3n) is 5.45. The molecule has 0 saturated carbocycles. The van der Waals surface area contributed by atoms with Gasteiger partial charge in [-0.05, 0) is 16.7 Å². The predicted octanol–water partition coefficient (Wildman–Crippen LogP) is 1.53. The van der Waals surface area contributed by atoms with Gasteiger partial charge >= 0.3 is 0 Å². The molecule has 2 heterocycles. The number of methoxy groups -OCH3 is 1. The van der Waals surface area contributed by atoms with Crippen molar-refractivity contribution in [3.63, 3.8) is 0 Å². The molecule has 2 aromatic carbocycles. The van der Waals surface area contributed by atoms with E-state index in [2.05, 4.69) is 47.0 Å². The Bertz CT molecular complexity index is 740. The van der Waals surface area contributed by atoms with Gasteiger partial charge in [0.25, 0.3) is 0 Å². The number of ether oxygens (including phenoxy) is 3. The van der Waals surface area contributed by atoms with Gasteiger partial charge in [-0.15, -0.1) is 0 Å². The molecule has 2 saturated heterocycles. The Kier molecular flexibility index (Phi) is 6.36. The Morgan fingerprint density at radius 3 is 2.50 bits per heavy atom. The lowest BCUT2D eigenvalue weighted by Gasteiger charge is -2.39. The summed E-state index contributed by atoms with van der Waals surface area (Å²) in [5.74, 6) is 0. The maximum atomic E-state index is 10.9. The summed E-state index contributed by atoms with van der Waals surface area (Å²) in [4.78, 5) is 0. The summed E-state index contributed by atoms with van der Waals surface area (Å²) in [6.45, 7) is 2.37. The van der Waals surface area contributed by atoms with Crippen molar-refractivity contribution in [2.24, 2.45) is 0 Å². The average molecular weight is 384 g/mol. The lowest BCUT2D eigenvalue weighted by molar-refractivity contribution is -0.153. The summed E-state index contributed by atoms with van der Waals surface area (Å²) in [6, 6.07) is 18.4. The van der Waals surface area contributed by atoms with Crippen LogP contribution in [0.2, 0.25) is 0 Å². The molecule has 0 unspecified atom stereocenters. The second-order valence-corrected chi connectivity index (χ2v) is 7.31. The van der Waals surface area contributed by atoms with Crippen LogP contribution in [-0.4, -0.2) is 62.6 Å². The number of benzene rings is 2. The lowest BCUT2D eigenvalue weighted by atomic mass is 9.95. The minimum absolute atomic E-state index is 0.135. The minimum Gasteiger partial charge on any atom is -0.390 e. The molecule has 28 heavy (non-hydrogen) atoms. The van der Waals surface area contributed by atoms with Crippen LogP contribution in [0.5, 0.6) is 0 Å². The Labute approximate surface area is 165 Å². The third-order valence-corrected chi connectivity index (χ3v) is 5.45. The van der Waals surface area contributed by atoms with Crippen LogP contribution in [0.3, 0.4) is 0 Å². The zero-order valence-electron chi connectivity index (χ0n) is 16.1. The van der Waals surface area contributed by atoms with E-state index in [0.29, 0.717) is 26.3 Å². The fraction of sp³-hybridized carbons (Fsp3) is 0.455. The quantitative estimate of drug-likeness (QED) is 0.600. The molecule has 0 aromatic heterocycles. The summed E-state index contributed by atoms with van der Waals surface area (Å²) in [7, 11) is 1.66. The first-order chi connectivity index (χ1) is 13.8. The fourth-order valence-corrected chi connectivity index (χ4v) is 3.90. The molecule has 0 amide bonds. The number of aliphatic hydroxyl groups is 1. The molecule has 2 aliphatic rings. The molecule has 6 nitrogen and oxygen atoms in total. The van der Waals surface area contributed by atoms with Crippen LogP contribution >= 0.6 is 0 Å². The second-order valence-electron chi connectivity index (χ2n) is 7.31. The highest BCUT2D eigenvalue weighted by molar-refractivity contribution is 5.63. The van der Waals surface area contributed by atoms with Gasteiger partial charge in [0.2, 0.25) is 0 Å². The zero-order valence-corrected chi connectivity index (χ0v) is 16.1. The highest BCUT2D eigenvalue weighted by Crippen LogP contribution is 2.28. The van der Waals surface area contributed by atoms with Crippen molar-refractivity contribution in [1.82, 2.24) is 10.6 Å². The van der Waals surface area contributed by atoms with Crippen molar-refractivity contribution >= 4 is 0 Å². The van der Waals surface area contributed by atoms with Gasteiger partial charge in [0.05, 0.1) is 31.4 Å². The number of hydrogen-bond acceptors (Lipinski definition) is 6. The second kappa shape index (κ2) is 9.13. The van der Waals surface area contributed by atoms with E-state index in [4.69, 9.17) is 14.2 Å². The number of fused-ring (bicyclic) bond motifs is 2. The molecular weight excluding hydrogens is 356 g/mol. The summed E-state index contributed by atoms with van der Waals surface area (Å²) in [6.07, 6.45) is -1.13. The number of nitrogens with one attached hydrogen (secondary N) is 2. The molecule has 150 valence electrons. The van der Waals surface area contributed by atoms with Gasteiger partial charge < -0.3 is 30.0 Å². The lowest BCUT2D eigenvalue weighted by Crippen LogP contribution is -2.63. The first kappa shape index (κ1) is 19.5. The highest BCUT2D eigenvalue weighted by atomic mass is 16.7. The van der Waals surface area contributed by atoms with E-state index in [1.54, 1.807) is 7.11 Å². The highest BCUT2D eigenvalue weighted by Gasteiger charge is 2.49. The van der Waals surface area contributed by atoms with E-state index in [9.17, 15) is 5.11 Å². The molecule has 4 rings (SSSR count). The van der Waals surface area contributed by atoms with E-state index >= 15 is 0 Å². The summed E-state index contributed by atoms with van der Waals surface area (Å²) < 4.78 is 16.7. The van der Waals surface area contributed by atoms with Gasteiger partial charge in [-0.1, -0.05) is 54.6 Å². The van der Waals surface area contributed by atoms with Gasteiger partial charge in [0.15, 0.2) is 6.29 Å². The molecule has 0 aliphatic carbocycles. The van der Waals surface area contributed by atoms with Crippen LogP contribution in [-0.2, 0) is 20.8 Å². The first-order valence-electron chi connectivity index (χ1n) is 9.81. The minimum atomic E-state index is -0.591. The standard InChI is InChI=1S/C22H28N2O4/c1-26-12-11-23-20-21(25)19(18-14-27-22(20)28-18)24-13-15-7-9-17(10-8-15)16-5-3-2-4-6-16/h2-10,18-25H,11-14H2,1H3/t18-,19+,20-,21-,22+/m0/s1. The molecule has 5 atom stereocenters. The zero-order chi connectivity index (χ0) is 19.3. The van der Waals surface area contributed by atoms with Crippen LogP contribution in [0.25, 0.3) is 11.1 Å². The van der Waals surface area contributed by atoms with Crippen molar-refractivity contribution in [3.05, 3.63) is 60.2 Å². The summed E-state index contributed by atoms with van der Waals surface area (Å²) in [5.41, 5.74) is 3.56. The molecule has 3 N–H and O–H groups in total. The largest absolute Gasteiger partial charge is 0.390 e. The Morgan fingerprint density at radius 2 is 1.75 bits per heavy atom. The van der Waals surface area contributed by atoms with Crippen LogP contribution < -0.4 is 10.6 Å². The third kappa shape index (κ3) is 4.27. The smallest absolute Gasteiger partial charge is 0.176 e. The van der Waals surface area contributed by atoms with E-state index in [-0.39, 0.29) is 18.2 Å². The van der Waals surface area contributed by atoms with Crippen LogP contribution in [0, 0.1) is 0 Å². The van der Waals surface area contributed by atoms with Crippen molar-refractivity contribution in [1.29, 1.82) is 0 Å². The number of hydrogen-bond donors (Lipinski definition) is 3. The van der Waals surface area contributed by atoms with Crippen molar-refractivity contribution in [2.45, 2.75) is 37.1 Å². The fourth-order valence-electron chi connectivity index (χ4n) is 3.90.